The van der Waals surface area contributed by atoms with Gasteiger partial charge in [0.1, 0.15) is 0 Å². The minimum atomic E-state index is 0.280. The molecule has 2 aliphatic rings. The molecule has 0 spiro atoms. The van der Waals surface area contributed by atoms with Crippen LogP contribution < -0.4 is 10.2 Å². The molecule has 0 saturated carbocycles. The summed E-state index contributed by atoms with van der Waals surface area (Å²) >= 11 is 0. The molecule has 0 amide bonds. The molecule has 1 aromatic heterocycles. The van der Waals surface area contributed by atoms with E-state index in [4.69, 9.17) is 4.74 Å². The molecule has 0 aliphatic carbocycles. The van der Waals surface area contributed by atoms with Crippen LogP contribution in [-0.2, 0) is 17.8 Å². The lowest BCUT2D eigenvalue weighted by molar-refractivity contribution is -0.0705. The number of anilines is 1. The standard InChI is InChI=1S/C24H35N7O/c1-19-16-29(17-20(2)32-19)18-22-8-5-4-7-21(22)15-28-23(25-3)30-11-13-31(14-12-30)24-26-9-6-10-27-24/h4-10,19-20H,11-18H2,1-3H3,(H,25,28). The van der Waals surface area contributed by atoms with Gasteiger partial charge < -0.3 is 19.9 Å². The van der Waals surface area contributed by atoms with Crippen molar-refractivity contribution in [2.24, 2.45) is 4.99 Å². The van der Waals surface area contributed by atoms with Crippen molar-refractivity contribution in [1.82, 2.24) is 25.1 Å². The maximum absolute atomic E-state index is 5.89. The van der Waals surface area contributed by atoms with E-state index >= 15 is 0 Å². The maximum atomic E-state index is 5.89. The number of guanidine groups is 1. The highest BCUT2D eigenvalue weighted by Gasteiger charge is 2.23. The number of ether oxygens (including phenoxy) is 1. The number of nitrogens with zero attached hydrogens (tertiary/aromatic N) is 6. The highest BCUT2D eigenvalue weighted by Crippen LogP contribution is 2.17. The molecule has 8 nitrogen and oxygen atoms in total. The highest BCUT2D eigenvalue weighted by molar-refractivity contribution is 5.80. The van der Waals surface area contributed by atoms with E-state index in [2.05, 4.69) is 73.1 Å². The third-order valence-electron chi connectivity index (χ3n) is 6.07. The predicted molar refractivity (Wildman–Crippen MR) is 128 cm³/mol. The molecule has 2 unspecified atom stereocenters. The second-order valence-electron chi connectivity index (χ2n) is 8.64. The highest BCUT2D eigenvalue weighted by atomic mass is 16.5. The van der Waals surface area contributed by atoms with E-state index in [1.54, 1.807) is 12.4 Å². The number of piperazine rings is 1. The third-order valence-corrected chi connectivity index (χ3v) is 6.07. The van der Waals surface area contributed by atoms with E-state index < -0.39 is 0 Å². The number of rotatable bonds is 5. The molecule has 0 radical (unpaired) electrons. The van der Waals surface area contributed by atoms with Gasteiger partial charge in [-0.2, -0.15) is 0 Å². The summed E-state index contributed by atoms with van der Waals surface area (Å²) in [5.74, 6) is 1.75. The average molecular weight is 438 g/mol. The van der Waals surface area contributed by atoms with Crippen LogP contribution in [0.15, 0.2) is 47.7 Å². The van der Waals surface area contributed by atoms with E-state index in [0.29, 0.717) is 0 Å². The molecule has 2 fully saturated rings. The smallest absolute Gasteiger partial charge is 0.225 e. The molecule has 3 heterocycles. The molecule has 2 aromatic rings. The maximum Gasteiger partial charge on any atom is 0.225 e. The predicted octanol–water partition coefficient (Wildman–Crippen LogP) is 1.98. The Hall–Kier alpha value is -2.71. The number of aliphatic imine (C=N–C) groups is 1. The first-order valence-corrected chi connectivity index (χ1v) is 11.5. The quantitative estimate of drug-likeness (QED) is 0.567. The Morgan fingerprint density at radius 1 is 1.00 bits per heavy atom. The Morgan fingerprint density at radius 3 is 2.31 bits per heavy atom. The van der Waals surface area contributed by atoms with Gasteiger partial charge in [0, 0.05) is 71.8 Å². The van der Waals surface area contributed by atoms with E-state index in [0.717, 1.165) is 64.3 Å². The number of morpholine rings is 1. The van der Waals surface area contributed by atoms with Gasteiger partial charge in [-0.15, -0.1) is 0 Å². The summed E-state index contributed by atoms with van der Waals surface area (Å²) in [7, 11) is 1.86. The molecule has 32 heavy (non-hydrogen) atoms. The van der Waals surface area contributed by atoms with Crippen LogP contribution in [0.1, 0.15) is 25.0 Å². The Labute approximate surface area is 191 Å². The topological polar surface area (TPSA) is 69.1 Å². The van der Waals surface area contributed by atoms with E-state index in [1.807, 2.05) is 13.1 Å². The molecular weight excluding hydrogens is 402 g/mol. The Bertz CT molecular complexity index is 873. The largest absolute Gasteiger partial charge is 0.373 e. The fourth-order valence-electron chi connectivity index (χ4n) is 4.62. The summed E-state index contributed by atoms with van der Waals surface area (Å²) in [4.78, 5) is 20.3. The second kappa shape index (κ2) is 10.7. The van der Waals surface area contributed by atoms with E-state index in [1.165, 1.54) is 11.1 Å². The fourth-order valence-corrected chi connectivity index (χ4v) is 4.62. The van der Waals surface area contributed by atoms with Crippen LogP contribution in [0.2, 0.25) is 0 Å². The van der Waals surface area contributed by atoms with Gasteiger partial charge in [0.2, 0.25) is 5.95 Å². The SMILES string of the molecule is CN=C(NCc1ccccc1CN1CC(C)OC(C)C1)N1CCN(c2ncccn2)CC1. The molecule has 2 aliphatic heterocycles. The van der Waals surface area contributed by atoms with Crippen molar-refractivity contribution in [3.63, 3.8) is 0 Å². The normalized spacial score (nSPS) is 22.8. The zero-order chi connectivity index (χ0) is 22.3. The number of benzene rings is 1. The van der Waals surface area contributed by atoms with Gasteiger partial charge in [-0.1, -0.05) is 24.3 Å². The molecule has 8 heteroatoms. The van der Waals surface area contributed by atoms with Crippen LogP contribution in [0.3, 0.4) is 0 Å². The lowest BCUT2D eigenvalue weighted by atomic mass is 10.1. The zero-order valence-electron chi connectivity index (χ0n) is 19.4. The van der Waals surface area contributed by atoms with Crippen molar-refractivity contribution in [1.29, 1.82) is 0 Å². The summed E-state index contributed by atoms with van der Waals surface area (Å²) in [6.45, 7) is 11.5. The van der Waals surface area contributed by atoms with E-state index in [-0.39, 0.29) is 12.2 Å². The second-order valence-corrected chi connectivity index (χ2v) is 8.64. The molecule has 0 bridgehead atoms. The fraction of sp³-hybridized carbons (Fsp3) is 0.542. The van der Waals surface area contributed by atoms with Crippen LogP contribution >= 0.6 is 0 Å². The lowest BCUT2D eigenvalue weighted by Gasteiger charge is -2.36. The van der Waals surface area contributed by atoms with Gasteiger partial charge in [-0.25, -0.2) is 9.97 Å². The van der Waals surface area contributed by atoms with E-state index in [9.17, 15) is 0 Å². The molecule has 4 rings (SSSR count). The Balaban J connectivity index is 1.33. The van der Waals surface area contributed by atoms with Gasteiger partial charge in [0.15, 0.2) is 5.96 Å². The molecule has 2 saturated heterocycles. The van der Waals surface area contributed by atoms with Gasteiger partial charge in [0.25, 0.3) is 0 Å². The average Bonchev–Trinajstić information content (AvgIpc) is 2.81. The van der Waals surface area contributed by atoms with Crippen LogP contribution in [0, 0.1) is 0 Å². The first-order chi connectivity index (χ1) is 15.6. The summed E-state index contributed by atoms with van der Waals surface area (Å²) in [5.41, 5.74) is 2.68. The minimum absolute atomic E-state index is 0.280. The number of hydrogen-bond donors (Lipinski definition) is 1. The van der Waals surface area contributed by atoms with Crippen molar-refractivity contribution in [2.45, 2.75) is 39.1 Å². The van der Waals surface area contributed by atoms with Crippen molar-refractivity contribution >= 4 is 11.9 Å². The first kappa shape index (κ1) is 22.5. The lowest BCUT2D eigenvalue weighted by Crippen LogP contribution is -2.52. The van der Waals surface area contributed by atoms with Crippen LogP contribution in [0.4, 0.5) is 5.95 Å². The van der Waals surface area contributed by atoms with Crippen LogP contribution in [0.5, 0.6) is 0 Å². The van der Waals surface area contributed by atoms with Gasteiger partial charge in [0.05, 0.1) is 12.2 Å². The molecule has 1 N–H and O–H groups in total. The minimum Gasteiger partial charge on any atom is -0.373 e. The summed E-state index contributed by atoms with van der Waals surface area (Å²) in [6, 6.07) is 10.6. The first-order valence-electron chi connectivity index (χ1n) is 11.5. The Morgan fingerprint density at radius 2 is 1.66 bits per heavy atom. The van der Waals surface area contributed by atoms with Crippen LogP contribution in [0.25, 0.3) is 0 Å². The number of aromatic nitrogens is 2. The van der Waals surface area contributed by atoms with Gasteiger partial charge in [-0.05, 0) is 31.0 Å². The van der Waals surface area contributed by atoms with Crippen molar-refractivity contribution in [2.75, 3.05) is 51.2 Å². The molecule has 2 atom stereocenters. The van der Waals surface area contributed by atoms with Gasteiger partial charge >= 0.3 is 0 Å². The monoisotopic (exact) mass is 437 g/mol. The summed E-state index contributed by atoms with van der Waals surface area (Å²) in [5, 5.41) is 3.59. The zero-order valence-corrected chi connectivity index (χ0v) is 19.4. The molecule has 172 valence electrons. The van der Waals surface area contributed by atoms with Crippen molar-refractivity contribution in [3.8, 4) is 0 Å². The number of nitrogens with one attached hydrogen (secondary N) is 1. The molecular formula is C24H35N7O. The summed E-state index contributed by atoms with van der Waals surface area (Å²) < 4.78 is 5.89. The Kier molecular flexibility index (Phi) is 7.55. The van der Waals surface area contributed by atoms with Gasteiger partial charge in [-0.3, -0.25) is 9.89 Å². The number of hydrogen-bond acceptors (Lipinski definition) is 6. The molecule has 1 aromatic carbocycles. The van der Waals surface area contributed by atoms with Crippen molar-refractivity contribution < 1.29 is 4.74 Å². The third kappa shape index (κ3) is 5.75. The van der Waals surface area contributed by atoms with Crippen LogP contribution in [-0.4, -0.2) is 84.3 Å². The van der Waals surface area contributed by atoms with Crippen molar-refractivity contribution in [3.05, 3.63) is 53.9 Å². The summed E-state index contributed by atoms with van der Waals surface area (Å²) in [6.07, 6.45) is 4.15.